The topological polar surface area (TPSA) is 54.5 Å². The summed E-state index contributed by atoms with van der Waals surface area (Å²) in [6.45, 7) is 3.33. The number of hydrogen-bond donors (Lipinski definition) is 1. The molecule has 2 aromatic carbocycles. The van der Waals surface area contributed by atoms with Gasteiger partial charge in [-0.25, -0.2) is 0 Å². The monoisotopic (exact) mass is 471 g/mol. The predicted octanol–water partition coefficient (Wildman–Crippen LogP) is 5.70. The van der Waals surface area contributed by atoms with Crippen molar-refractivity contribution < 1.29 is 9.53 Å². The summed E-state index contributed by atoms with van der Waals surface area (Å²) in [6.07, 6.45) is 3.43. The minimum atomic E-state index is -0.157. The molecular weight excluding hydrogens is 442 g/mol. The summed E-state index contributed by atoms with van der Waals surface area (Å²) in [4.78, 5) is 20.0. The summed E-state index contributed by atoms with van der Waals surface area (Å²) in [6, 6.07) is 24.8. The second kappa shape index (κ2) is 11.6. The van der Waals surface area contributed by atoms with Crippen LogP contribution in [-0.2, 0) is 17.9 Å². The third-order valence-electron chi connectivity index (χ3n) is 5.80. The van der Waals surface area contributed by atoms with E-state index in [1.54, 1.807) is 23.7 Å². The zero-order chi connectivity index (χ0) is 23.8. The maximum atomic E-state index is 12.4. The third kappa shape index (κ3) is 6.31. The second-order valence-corrected chi connectivity index (χ2v) is 9.20. The highest BCUT2D eigenvalue weighted by Crippen LogP contribution is 2.31. The van der Waals surface area contributed by atoms with E-state index in [4.69, 9.17) is 4.74 Å². The van der Waals surface area contributed by atoms with E-state index in [1.165, 1.54) is 4.88 Å². The van der Waals surface area contributed by atoms with Gasteiger partial charge in [-0.1, -0.05) is 42.5 Å². The lowest BCUT2D eigenvalue weighted by molar-refractivity contribution is -0.123. The molecule has 0 unspecified atom stereocenters. The SMILES string of the molecule is C[C@H](c1cccs1)N(C)Cc1cc(-c2ccccc2)ccc1OCC(=O)NCc1ccncc1. The van der Waals surface area contributed by atoms with Crippen molar-refractivity contribution in [3.63, 3.8) is 0 Å². The van der Waals surface area contributed by atoms with Crippen LogP contribution in [0.15, 0.2) is 90.6 Å². The molecule has 6 heteroatoms. The van der Waals surface area contributed by atoms with Gasteiger partial charge in [0, 0.05) is 42.0 Å². The Hall–Kier alpha value is -3.48. The highest BCUT2D eigenvalue weighted by atomic mass is 32.1. The Labute approximate surface area is 205 Å². The molecule has 4 rings (SSSR count). The van der Waals surface area contributed by atoms with Crippen LogP contribution in [0, 0.1) is 0 Å². The van der Waals surface area contributed by atoms with Crippen LogP contribution in [0.3, 0.4) is 0 Å². The molecule has 4 aromatic rings. The van der Waals surface area contributed by atoms with Crippen molar-refractivity contribution in [3.8, 4) is 16.9 Å². The second-order valence-electron chi connectivity index (χ2n) is 8.22. The Morgan fingerprint density at radius 1 is 1.03 bits per heavy atom. The van der Waals surface area contributed by atoms with Crippen molar-refractivity contribution in [3.05, 3.63) is 107 Å². The fourth-order valence-electron chi connectivity index (χ4n) is 3.70. The predicted molar refractivity (Wildman–Crippen MR) is 138 cm³/mol. The quantitative estimate of drug-likeness (QED) is 0.322. The molecule has 1 amide bonds. The van der Waals surface area contributed by atoms with Crippen LogP contribution in [0.25, 0.3) is 11.1 Å². The molecule has 0 spiro atoms. The van der Waals surface area contributed by atoms with Crippen molar-refractivity contribution in [1.82, 2.24) is 15.2 Å². The lowest BCUT2D eigenvalue weighted by Gasteiger charge is -2.25. The minimum Gasteiger partial charge on any atom is -0.483 e. The van der Waals surface area contributed by atoms with Crippen molar-refractivity contribution in [1.29, 1.82) is 0 Å². The first-order chi connectivity index (χ1) is 16.6. The van der Waals surface area contributed by atoms with Gasteiger partial charge in [0.2, 0.25) is 0 Å². The number of rotatable bonds is 10. The van der Waals surface area contributed by atoms with E-state index in [0.29, 0.717) is 13.1 Å². The third-order valence-corrected chi connectivity index (χ3v) is 6.84. The Morgan fingerprint density at radius 2 is 1.82 bits per heavy atom. The fourth-order valence-corrected chi connectivity index (χ4v) is 4.55. The Bertz CT molecular complexity index is 1180. The van der Waals surface area contributed by atoms with Gasteiger partial charge in [-0.2, -0.15) is 0 Å². The molecular formula is C28H29N3O2S. The maximum absolute atomic E-state index is 12.4. The Balaban J connectivity index is 1.48. The van der Waals surface area contributed by atoms with Crippen molar-refractivity contribution in [2.45, 2.75) is 26.1 Å². The molecule has 0 bridgehead atoms. The largest absolute Gasteiger partial charge is 0.483 e. The number of nitrogens with zero attached hydrogens (tertiary/aromatic N) is 2. The summed E-state index contributed by atoms with van der Waals surface area (Å²) < 4.78 is 6.00. The van der Waals surface area contributed by atoms with Crippen LogP contribution >= 0.6 is 11.3 Å². The fraction of sp³-hybridized carbons (Fsp3) is 0.214. The summed E-state index contributed by atoms with van der Waals surface area (Å²) in [5, 5.41) is 5.01. The average molecular weight is 472 g/mol. The molecule has 0 aliphatic rings. The van der Waals surface area contributed by atoms with Crippen LogP contribution in [0.1, 0.15) is 29.0 Å². The number of benzene rings is 2. The zero-order valence-electron chi connectivity index (χ0n) is 19.5. The molecule has 2 aromatic heterocycles. The number of pyridine rings is 1. The van der Waals surface area contributed by atoms with E-state index in [9.17, 15) is 4.79 Å². The number of amides is 1. The van der Waals surface area contributed by atoms with E-state index in [2.05, 4.69) is 64.9 Å². The summed E-state index contributed by atoms with van der Waals surface area (Å²) in [5.41, 5.74) is 4.33. The van der Waals surface area contributed by atoms with Crippen LogP contribution in [-0.4, -0.2) is 29.4 Å². The molecule has 34 heavy (non-hydrogen) atoms. The number of carbonyl (C=O) groups excluding carboxylic acids is 1. The number of hydrogen-bond acceptors (Lipinski definition) is 5. The van der Waals surface area contributed by atoms with Gasteiger partial charge in [-0.3, -0.25) is 14.7 Å². The van der Waals surface area contributed by atoms with E-state index in [-0.39, 0.29) is 18.6 Å². The minimum absolute atomic E-state index is 0.0348. The Morgan fingerprint density at radius 3 is 2.56 bits per heavy atom. The first kappa shape index (κ1) is 23.7. The molecule has 0 aliphatic heterocycles. The lowest BCUT2D eigenvalue weighted by atomic mass is 10.0. The van der Waals surface area contributed by atoms with Crippen molar-refractivity contribution >= 4 is 17.2 Å². The molecule has 5 nitrogen and oxygen atoms in total. The molecule has 174 valence electrons. The molecule has 0 fully saturated rings. The highest BCUT2D eigenvalue weighted by molar-refractivity contribution is 7.10. The van der Waals surface area contributed by atoms with E-state index in [1.807, 2.05) is 42.5 Å². The molecule has 1 atom stereocenters. The summed E-state index contributed by atoms with van der Waals surface area (Å²) in [7, 11) is 2.12. The van der Waals surface area contributed by atoms with Gasteiger partial charge in [-0.05, 0) is 66.4 Å². The van der Waals surface area contributed by atoms with Gasteiger partial charge in [0.05, 0.1) is 0 Å². The molecule has 0 saturated carbocycles. The van der Waals surface area contributed by atoms with Crippen LogP contribution in [0.2, 0.25) is 0 Å². The highest BCUT2D eigenvalue weighted by Gasteiger charge is 2.16. The smallest absolute Gasteiger partial charge is 0.258 e. The Kier molecular flexibility index (Phi) is 8.07. The van der Waals surface area contributed by atoms with Gasteiger partial charge < -0.3 is 10.1 Å². The van der Waals surface area contributed by atoms with E-state index >= 15 is 0 Å². The zero-order valence-corrected chi connectivity index (χ0v) is 20.3. The molecule has 2 heterocycles. The molecule has 0 radical (unpaired) electrons. The number of carbonyl (C=O) groups is 1. The average Bonchev–Trinajstić information content (AvgIpc) is 3.42. The van der Waals surface area contributed by atoms with Crippen molar-refractivity contribution in [2.75, 3.05) is 13.7 Å². The van der Waals surface area contributed by atoms with Crippen LogP contribution < -0.4 is 10.1 Å². The van der Waals surface area contributed by atoms with Gasteiger partial charge >= 0.3 is 0 Å². The van der Waals surface area contributed by atoms with Gasteiger partial charge in [0.25, 0.3) is 5.91 Å². The summed E-state index contributed by atoms with van der Waals surface area (Å²) >= 11 is 1.76. The van der Waals surface area contributed by atoms with E-state index < -0.39 is 0 Å². The number of ether oxygens (including phenoxy) is 1. The maximum Gasteiger partial charge on any atom is 0.258 e. The van der Waals surface area contributed by atoms with Crippen LogP contribution in [0.5, 0.6) is 5.75 Å². The summed E-state index contributed by atoms with van der Waals surface area (Å²) in [5.74, 6) is 0.569. The normalized spacial score (nSPS) is 11.9. The van der Waals surface area contributed by atoms with Gasteiger partial charge in [-0.15, -0.1) is 11.3 Å². The number of aromatic nitrogens is 1. The molecule has 0 saturated heterocycles. The number of nitrogens with one attached hydrogen (secondary N) is 1. The van der Waals surface area contributed by atoms with Gasteiger partial charge in [0.15, 0.2) is 6.61 Å². The van der Waals surface area contributed by atoms with Crippen LogP contribution in [0.4, 0.5) is 0 Å². The first-order valence-electron chi connectivity index (χ1n) is 11.3. The lowest BCUT2D eigenvalue weighted by Crippen LogP contribution is -2.28. The van der Waals surface area contributed by atoms with Crippen molar-refractivity contribution in [2.24, 2.45) is 0 Å². The molecule has 1 N–H and O–H groups in total. The standard InChI is InChI=1S/C28H29N3O2S/c1-21(27-9-6-16-34-27)31(2)19-25-17-24(23-7-4-3-5-8-23)10-11-26(25)33-20-28(32)30-18-22-12-14-29-15-13-22/h3-17,21H,18-20H2,1-2H3,(H,30,32)/t21-/m1/s1. The first-order valence-corrected chi connectivity index (χ1v) is 12.2. The molecule has 0 aliphatic carbocycles. The van der Waals surface area contributed by atoms with E-state index in [0.717, 1.165) is 28.0 Å². The van der Waals surface area contributed by atoms with Gasteiger partial charge in [0.1, 0.15) is 5.75 Å². The number of thiophene rings is 1.